The fourth-order valence-corrected chi connectivity index (χ4v) is 3.83. The van der Waals surface area contributed by atoms with Crippen LogP contribution in [-0.4, -0.2) is 56.3 Å². The third kappa shape index (κ3) is 3.67. The highest BCUT2D eigenvalue weighted by Crippen LogP contribution is 2.38. The maximum Gasteiger partial charge on any atom is 0.251 e. The Hall–Kier alpha value is -1.59. The highest BCUT2D eigenvalue weighted by Gasteiger charge is 2.44. The van der Waals surface area contributed by atoms with Crippen molar-refractivity contribution in [2.75, 3.05) is 40.0 Å². The molecular formula is C18H26N2O3. The van der Waals surface area contributed by atoms with E-state index in [0.717, 1.165) is 6.54 Å². The van der Waals surface area contributed by atoms with Crippen molar-refractivity contribution in [2.45, 2.75) is 31.2 Å². The Morgan fingerprint density at radius 3 is 2.78 bits per heavy atom. The molecule has 0 aliphatic carbocycles. The number of benzene rings is 1. The highest BCUT2D eigenvalue weighted by molar-refractivity contribution is 5.94. The van der Waals surface area contributed by atoms with Crippen molar-refractivity contribution in [3.63, 3.8) is 0 Å². The molecule has 1 aromatic carbocycles. The number of methoxy groups -OCH3 is 1. The van der Waals surface area contributed by atoms with Crippen LogP contribution in [0, 0.1) is 0 Å². The molecule has 2 heterocycles. The van der Waals surface area contributed by atoms with Crippen molar-refractivity contribution in [3.05, 3.63) is 29.8 Å². The van der Waals surface area contributed by atoms with Gasteiger partial charge in [-0.2, -0.15) is 0 Å². The zero-order chi connectivity index (χ0) is 16.1. The number of hydrogen-bond donors (Lipinski definition) is 1. The zero-order valence-electron chi connectivity index (χ0n) is 13.8. The molecule has 2 saturated heterocycles. The Labute approximate surface area is 137 Å². The van der Waals surface area contributed by atoms with Gasteiger partial charge in [0.2, 0.25) is 0 Å². The largest absolute Gasteiger partial charge is 0.491 e. The van der Waals surface area contributed by atoms with E-state index in [4.69, 9.17) is 9.47 Å². The first-order valence-electron chi connectivity index (χ1n) is 8.49. The minimum atomic E-state index is -0.0182. The van der Waals surface area contributed by atoms with Gasteiger partial charge in [-0.05, 0) is 57.0 Å². The summed E-state index contributed by atoms with van der Waals surface area (Å²) in [5.74, 6) is 0.687. The number of fused-ring (bicyclic) bond motifs is 1. The lowest BCUT2D eigenvalue weighted by Crippen LogP contribution is -2.48. The number of nitrogens with zero attached hydrogens (tertiary/aromatic N) is 1. The fourth-order valence-electron chi connectivity index (χ4n) is 3.83. The van der Waals surface area contributed by atoms with Crippen LogP contribution in [0.15, 0.2) is 24.3 Å². The second-order valence-corrected chi connectivity index (χ2v) is 6.47. The summed E-state index contributed by atoms with van der Waals surface area (Å²) in [6.45, 7) is 4.13. The molecular weight excluding hydrogens is 292 g/mol. The molecule has 0 aromatic heterocycles. The average Bonchev–Trinajstić information content (AvgIpc) is 3.13. The van der Waals surface area contributed by atoms with Crippen LogP contribution in [-0.2, 0) is 4.74 Å². The number of amides is 1. The molecule has 2 aliphatic heterocycles. The van der Waals surface area contributed by atoms with Gasteiger partial charge in [0, 0.05) is 24.8 Å². The van der Waals surface area contributed by atoms with Crippen LogP contribution >= 0.6 is 0 Å². The summed E-state index contributed by atoms with van der Waals surface area (Å²) in [5.41, 5.74) is 0.862. The van der Waals surface area contributed by atoms with Crippen LogP contribution in [0.5, 0.6) is 5.75 Å². The minimum Gasteiger partial charge on any atom is -0.491 e. The Morgan fingerprint density at radius 1 is 1.26 bits per heavy atom. The van der Waals surface area contributed by atoms with Gasteiger partial charge >= 0.3 is 0 Å². The van der Waals surface area contributed by atoms with Crippen molar-refractivity contribution in [1.29, 1.82) is 0 Å². The third-order valence-corrected chi connectivity index (χ3v) is 5.04. The topological polar surface area (TPSA) is 50.8 Å². The molecule has 0 unspecified atom stereocenters. The van der Waals surface area contributed by atoms with Crippen LogP contribution in [0.3, 0.4) is 0 Å². The maximum absolute atomic E-state index is 12.5. The number of rotatable bonds is 7. The van der Waals surface area contributed by atoms with E-state index >= 15 is 0 Å². The molecule has 1 amide bonds. The first-order valence-corrected chi connectivity index (χ1v) is 8.49. The highest BCUT2D eigenvalue weighted by atomic mass is 16.5. The van der Waals surface area contributed by atoms with E-state index in [1.54, 1.807) is 13.2 Å². The molecule has 23 heavy (non-hydrogen) atoms. The Balaban J connectivity index is 1.57. The van der Waals surface area contributed by atoms with Crippen LogP contribution in [0.4, 0.5) is 0 Å². The number of ether oxygens (including phenoxy) is 2. The SMILES string of the molecule is COCCOc1cccc(C(=O)NCC23CCCN2CCC3)c1. The summed E-state index contributed by atoms with van der Waals surface area (Å²) in [4.78, 5) is 15.0. The summed E-state index contributed by atoms with van der Waals surface area (Å²) in [7, 11) is 1.64. The summed E-state index contributed by atoms with van der Waals surface area (Å²) >= 11 is 0. The molecule has 2 fully saturated rings. The van der Waals surface area contributed by atoms with E-state index in [1.165, 1.54) is 38.8 Å². The average molecular weight is 318 g/mol. The summed E-state index contributed by atoms with van der Waals surface area (Å²) in [6, 6.07) is 7.34. The van der Waals surface area contributed by atoms with Crippen LogP contribution in [0.25, 0.3) is 0 Å². The zero-order valence-corrected chi connectivity index (χ0v) is 13.8. The molecule has 0 saturated carbocycles. The van der Waals surface area contributed by atoms with Crippen LogP contribution in [0.2, 0.25) is 0 Å². The van der Waals surface area contributed by atoms with Crippen molar-refractivity contribution in [2.24, 2.45) is 0 Å². The van der Waals surface area contributed by atoms with E-state index < -0.39 is 0 Å². The first-order chi connectivity index (χ1) is 11.2. The molecule has 5 heteroatoms. The van der Waals surface area contributed by atoms with Gasteiger partial charge in [-0.25, -0.2) is 0 Å². The molecule has 0 atom stereocenters. The molecule has 3 rings (SSSR count). The van der Waals surface area contributed by atoms with Crippen molar-refractivity contribution in [1.82, 2.24) is 10.2 Å². The number of nitrogens with one attached hydrogen (secondary N) is 1. The van der Waals surface area contributed by atoms with E-state index in [0.29, 0.717) is 24.5 Å². The number of carbonyl (C=O) groups is 1. The fraction of sp³-hybridized carbons (Fsp3) is 0.611. The Morgan fingerprint density at radius 2 is 2.04 bits per heavy atom. The van der Waals surface area contributed by atoms with Gasteiger partial charge in [-0.1, -0.05) is 6.07 Å². The normalized spacial score (nSPS) is 19.5. The van der Waals surface area contributed by atoms with Crippen molar-refractivity contribution >= 4 is 5.91 Å². The lowest BCUT2D eigenvalue weighted by atomic mass is 9.94. The van der Waals surface area contributed by atoms with Crippen LogP contribution in [0.1, 0.15) is 36.0 Å². The summed E-state index contributed by atoms with van der Waals surface area (Å²) < 4.78 is 10.5. The van der Waals surface area contributed by atoms with E-state index in [9.17, 15) is 4.79 Å². The van der Waals surface area contributed by atoms with Gasteiger partial charge in [-0.3, -0.25) is 9.69 Å². The number of hydrogen-bond acceptors (Lipinski definition) is 4. The predicted octanol–water partition coefficient (Wildman–Crippen LogP) is 2.07. The standard InChI is InChI=1S/C18H26N2O3/c1-22-11-12-23-16-6-2-5-15(13-16)17(21)19-14-18-7-3-9-20(18)10-4-8-18/h2,5-6,13H,3-4,7-12,14H2,1H3,(H,19,21). The molecule has 1 aromatic rings. The second kappa shape index (κ2) is 7.32. The minimum absolute atomic E-state index is 0.0182. The Kier molecular flexibility index (Phi) is 5.18. The predicted molar refractivity (Wildman–Crippen MR) is 88.9 cm³/mol. The smallest absolute Gasteiger partial charge is 0.251 e. The lowest BCUT2D eigenvalue weighted by Gasteiger charge is -2.32. The Bertz CT molecular complexity index is 537. The van der Waals surface area contributed by atoms with Crippen molar-refractivity contribution in [3.8, 4) is 5.75 Å². The van der Waals surface area contributed by atoms with Crippen LogP contribution < -0.4 is 10.1 Å². The molecule has 1 N–H and O–H groups in total. The molecule has 126 valence electrons. The van der Waals surface area contributed by atoms with Gasteiger partial charge in [0.25, 0.3) is 5.91 Å². The maximum atomic E-state index is 12.5. The van der Waals surface area contributed by atoms with E-state index in [2.05, 4.69) is 10.2 Å². The third-order valence-electron chi connectivity index (χ3n) is 5.04. The van der Waals surface area contributed by atoms with E-state index in [-0.39, 0.29) is 11.4 Å². The van der Waals surface area contributed by atoms with Gasteiger partial charge in [0.05, 0.1) is 6.61 Å². The first kappa shape index (κ1) is 16.3. The lowest BCUT2D eigenvalue weighted by molar-refractivity contribution is 0.0919. The molecule has 0 radical (unpaired) electrons. The van der Waals surface area contributed by atoms with Gasteiger partial charge in [0.1, 0.15) is 12.4 Å². The van der Waals surface area contributed by atoms with Gasteiger partial charge in [0.15, 0.2) is 0 Å². The van der Waals surface area contributed by atoms with Gasteiger partial charge < -0.3 is 14.8 Å². The summed E-state index contributed by atoms with van der Waals surface area (Å²) in [5, 5.41) is 3.14. The molecule has 0 spiro atoms. The molecule has 5 nitrogen and oxygen atoms in total. The quantitative estimate of drug-likeness (QED) is 0.782. The van der Waals surface area contributed by atoms with Crippen molar-refractivity contribution < 1.29 is 14.3 Å². The summed E-state index contributed by atoms with van der Waals surface area (Å²) in [6.07, 6.45) is 4.90. The van der Waals surface area contributed by atoms with E-state index in [1.807, 2.05) is 18.2 Å². The molecule has 0 bridgehead atoms. The van der Waals surface area contributed by atoms with Gasteiger partial charge in [-0.15, -0.1) is 0 Å². The second-order valence-electron chi connectivity index (χ2n) is 6.47. The molecule has 2 aliphatic rings. The number of carbonyl (C=O) groups excluding carboxylic acids is 1. The monoisotopic (exact) mass is 318 g/mol.